The number of hydrogen-bond donors (Lipinski definition) is 1. The van der Waals surface area contributed by atoms with E-state index in [0.717, 1.165) is 29.6 Å². The molecular formula is C15H21BrClNO. The lowest BCUT2D eigenvalue weighted by atomic mass is 9.64. The zero-order valence-corrected chi connectivity index (χ0v) is 14.0. The maximum absolute atomic E-state index is 6.17. The molecule has 0 heterocycles. The zero-order valence-electron chi connectivity index (χ0n) is 11.7. The molecule has 1 fully saturated rings. The predicted molar refractivity (Wildman–Crippen MR) is 84.0 cm³/mol. The Balaban J connectivity index is 2.00. The van der Waals surface area contributed by atoms with Crippen LogP contribution in [0.1, 0.15) is 33.6 Å². The molecule has 1 aliphatic carbocycles. The maximum atomic E-state index is 6.17. The van der Waals surface area contributed by atoms with Crippen LogP contribution in [-0.4, -0.2) is 18.7 Å². The summed E-state index contributed by atoms with van der Waals surface area (Å²) in [6.07, 6.45) is 2.42. The molecule has 1 saturated carbocycles. The van der Waals surface area contributed by atoms with Crippen molar-refractivity contribution in [1.82, 2.24) is 5.32 Å². The topological polar surface area (TPSA) is 21.3 Å². The van der Waals surface area contributed by atoms with Gasteiger partial charge in [0.15, 0.2) is 0 Å². The fraction of sp³-hybridized carbons (Fsp3) is 0.600. The first kappa shape index (κ1) is 15.1. The fourth-order valence-corrected chi connectivity index (χ4v) is 2.97. The van der Waals surface area contributed by atoms with E-state index in [1.807, 2.05) is 18.2 Å². The lowest BCUT2D eigenvalue weighted by molar-refractivity contribution is -0.0545. The van der Waals surface area contributed by atoms with Crippen LogP contribution in [0.5, 0.6) is 5.75 Å². The van der Waals surface area contributed by atoms with Gasteiger partial charge in [-0.15, -0.1) is 0 Å². The van der Waals surface area contributed by atoms with Crippen molar-refractivity contribution >= 4 is 27.5 Å². The minimum Gasteiger partial charge on any atom is -0.488 e. The molecule has 1 aromatic carbocycles. The van der Waals surface area contributed by atoms with E-state index in [-0.39, 0.29) is 11.5 Å². The van der Waals surface area contributed by atoms with Gasteiger partial charge in [0.05, 0.1) is 5.02 Å². The van der Waals surface area contributed by atoms with E-state index < -0.39 is 0 Å². The minimum absolute atomic E-state index is 0.140. The van der Waals surface area contributed by atoms with E-state index in [4.69, 9.17) is 16.3 Å². The highest BCUT2D eigenvalue weighted by atomic mass is 79.9. The number of nitrogens with one attached hydrogen (secondary N) is 1. The highest BCUT2D eigenvalue weighted by Crippen LogP contribution is 2.44. The highest BCUT2D eigenvalue weighted by molar-refractivity contribution is 9.10. The van der Waals surface area contributed by atoms with Gasteiger partial charge in [0.1, 0.15) is 11.9 Å². The zero-order chi connectivity index (χ0) is 14.0. The van der Waals surface area contributed by atoms with E-state index in [9.17, 15) is 0 Å². The lowest BCUT2D eigenvalue weighted by Crippen LogP contribution is -2.62. The molecular weight excluding hydrogens is 326 g/mol. The first-order valence-corrected chi connectivity index (χ1v) is 7.97. The van der Waals surface area contributed by atoms with Gasteiger partial charge >= 0.3 is 0 Å². The van der Waals surface area contributed by atoms with Gasteiger partial charge in [-0.05, 0) is 31.2 Å². The Morgan fingerprint density at radius 1 is 1.47 bits per heavy atom. The summed E-state index contributed by atoms with van der Waals surface area (Å²) < 4.78 is 7.08. The van der Waals surface area contributed by atoms with Crippen LogP contribution < -0.4 is 10.1 Å². The normalized spacial score (nSPS) is 24.9. The van der Waals surface area contributed by atoms with Crippen molar-refractivity contribution in [1.29, 1.82) is 0 Å². The van der Waals surface area contributed by atoms with Crippen molar-refractivity contribution in [3.8, 4) is 5.75 Å². The van der Waals surface area contributed by atoms with Gasteiger partial charge in [-0.3, -0.25) is 0 Å². The standard InChI is InChI=1S/C15H21BrClNO/c1-4-7-18-13-9-14(15(13,2)3)19-12-8-10(16)5-6-11(12)17/h5-6,8,13-14,18H,4,7,9H2,1-3H3. The molecule has 2 rings (SSSR count). The van der Waals surface area contributed by atoms with E-state index in [1.54, 1.807) is 0 Å². The third-order valence-electron chi connectivity index (χ3n) is 3.98. The van der Waals surface area contributed by atoms with Gasteiger partial charge in [0.25, 0.3) is 0 Å². The second-order valence-corrected chi connectivity index (χ2v) is 7.07. The highest BCUT2D eigenvalue weighted by Gasteiger charge is 2.49. The van der Waals surface area contributed by atoms with Crippen molar-refractivity contribution in [3.63, 3.8) is 0 Å². The Hall–Kier alpha value is -0.250. The summed E-state index contributed by atoms with van der Waals surface area (Å²) in [5.74, 6) is 0.767. The second-order valence-electron chi connectivity index (χ2n) is 5.75. The summed E-state index contributed by atoms with van der Waals surface area (Å²) in [7, 11) is 0. The van der Waals surface area contributed by atoms with Crippen molar-refractivity contribution < 1.29 is 4.74 Å². The van der Waals surface area contributed by atoms with E-state index in [0.29, 0.717) is 11.1 Å². The van der Waals surface area contributed by atoms with Crippen molar-refractivity contribution in [2.45, 2.75) is 45.8 Å². The molecule has 0 bridgehead atoms. The number of rotatable bonds is 5. The molecule has 106 valence electrons. The van der Waals surface area contributed by atoms with Crippen LogP contribution in [0.15, 0.2) is 22.7 Å². The van der Waals surface area contributed by atoms with Crippen molar-refractivity contribution in [2.75, 3.05) is 6.54 Å². The number of hydrogen-bond acceptors (Lipinski definition) is 2. The Labute approximate surface area is 129 Å². The molecule has 0 spiro atoms. The molecule has 1 aliphatic rings. The molecule has 0 saturated heterocycles. The van der Waals surface area contributed by atoms with Gasteiger partial charge < -0.3 is 10.1 Å². The molecule has 0 aromatic heterocycles. The van der Waals surface area contributed by atoms with Crippen LogP contribution >= 0.6 is 27.5 Å². The van der Waals surface area contributed by atoms with Crippen LogP contribution in [0.4, 0.5) is 0 Å². The Bertz CT molecular complexity index is 450. The Kier molecular flexibility index (Phi) is 4.80. The Morgan fingerprint density at radius 2 is 2.21 bits per heavy atom. The quantitative estimate of drug-likeness (QED) is 0.838. The van der Waals surface area contributed by atoms with Crippen molar-refractivity contribution in [3.05, 3.63) is 27.7 Å². The monoisotopic (exact) mass is 345 g/mol. The number of ether oxygens (including phenoxy) is 1. The third kappa shape index (κ3) is 3.26. The molecule has 0 amide bonds. The summed E-state index contributed by atoms with van der Waals surface area (Å²) in [5, 5.41) is 4.25. The smallest absolute Gasteiger partial charge is 0.139 e. The molecule has 2 nitrogen and oxygen atoms in total. The Morgan fingerprint density at radius 3 is 2.84 bits per heavy atom. The molecule has 0 aliphatic heterocycles. The van der Waals surface area contributed by atoms with Gasteiger partial charge in [0.2, 0.25) is 0 Å². The molecule has 1 N–H and O–H groups in total. The average Bonchev–Trinajstić information content (AvgIpc) is 2.36. The average molecular weight is 347 g/mol. The molecule has 4 heteroatoms. The molecule has 19 heavy (non-hydrogen) atoms. The summed E-state index contributed by atoms with van der Waals surface area (Å²) in [6.45, 7) is 7.76. The summed E-state index contributed by atoms with van der Waals surface area (Å²) in [5.41, 5.74) is 0.140. The first-order chi connectivity index (χ1) is 8.95. The molecule has 0 radical (unpaired) electrons. The van der Waals surface area contributed by atoms with Gasteiger partial charge in [0, 0.05) is 22.4 Å². The van der Waals surface area contributed by atoms with Gasteiger partial charge in [-0.1, -0.05) is 48.3 Å². The van der Waals surface area contributed by atoms with Crippen LogP contribution in [0, 0.1) is 5.41 Å². The fourth-order valence-electron chi connectivity index (χ4n) is 2.47. The first-order valence-electron chi connectivity index (χ1n) is 6.80. The summed E-state index contributed by atoms with van der Waals surface area (Å²) in [6, 6.07) is 6.25. The molecule has 2 unspecified atom stereocenters. The SMILES string of the molecule is CCCNC1CC(Oc2cc(Br)ccc2Cl)C1(C)C. The molecule has 1 aromatic rings. The number of benzene rings is 1. The largest absolute Gasteiger partial charge is 0.488 e. The summed E-state index contributed by atoms with van der Waals surface area (Å²) in [4.78, 5) is 0. The van der Waals surface area contributed by atoms with E-state index in [2.05, 4.69) is 42.0 Å². The van der Waals surface area contributed by atoms with Gasteiger partial charge in [-0.2, -0.15) is 0 Å². The van der Waals surface area contributed by atoms with E-state index >= 15 is 0 Å². The van der Waals surface area contributed by atoms with Crippen molar-refractivity contribution in [2.24, 2.45) is 5.41 Å². The lowest BCUT2D eigenvalue weighted by Gasteiger charge is -2.51. The minimum atomic E-state index is 0.140. The second kappa shape index (κ2) is 6.02. The van der Waals surface area contributed by atoms with Crippen LogP contribution in [0.3, 0.4) is 0 Å². The van der Waals surface area contributed by atoms with Gasteiger partial charge in [-0.25, -0.2) is 0 Å². The van der Waals surface area contributed by atoms with Crippen LogP contribution in [-0.2, 0) is 0 Å². The third-order valence-corrected chi connectivity index (χ3v) is 4.79. The molecule has 2 atom stereocenters. The number of halogens is 2. The summed E-state index contributed by atoms with van der Waals surface area (Å²) >= 11 is 9.62. The van der Waals surface area contributed by atoms with Crippen LogP contribution in [0.25, 0.3) is 0 Å². The van der Waals surface area contributed by atoms with Crippen LogP contribution in [0.2, 0.25) is 5.02 Å². The predicted octanol–water partition coefficient (Wildman–Crippen LogP) is 4.65. The van der Waals surface area contributed by atoms with E-state index in [1.165, 1.54) is 0 Å². The maximum Gasteiger partial charge on any atom is 0.139 e.